The maximum absolute atomic E-state index is 2.34. The first-order valence-electron chi connectivity index (χ1n) is 3.18. The first kappa shape index (κ1) is 16.8. The van der Waals surface area contributed by atoms with Crippen molar-refractivity contribution in [2.45, 2.75) is 36.5 Å². The summed E-state index contributed by atoms with van der Waals surface area (Å²) in [5, 5.41) is 4.56. The molecule has 0 saturated carbocycles. The molecule has 0 aromatic heterocycles. The van der Waals surface area contributed by atoms with Gasteiger partial charge in [-0.1, -0.05) is 0 Å². The Kier molecular flexibility index (Phi) is 22.8. The van der Waals surface area contributed by atoms with Gasteiger partial charge in [0.1, 0.15) is 0 Å². The molecule has 1 N–H and O–H groups in total. The van der Waals surface area contributed by atoms with E-state index in [0.717, 1.165) is 0 Å². The maximum atomic E-state index is 2.34. The molecule has 9 heavy (non-hydrogen) atoms. The molecule has 3 heteroatoms. The first-order valence-corrected chi connectivity index (χ1v) is 7.63. The second-order valence-corrected chi connectivity index (χ2v) is 9.41. The second kappa shape index (κ2) is 12.2. The zero-order chi connectivity index (χ0) is 5.70. The minimum Gasteiger partial charge on any atom is -0.870 e. The van der Waals surface area contributed by atoms with Crippen LogP contribution in [-0.4, -0.2) is 19.8 Å². The summed E-state index contributed by atoms with van der Waals surface area (Å²) in [5.74, 6) is 0. The minimum absolute atomic E-state index is 0. The smallest absolute Gasteiger partial charge is 0.870 e. The van der Waals surface area contributed by atoms with Crippen LogP contribution in [0, 0.1) is 0 Å². The van der Waals surface area contributed by atoms with E-state index in [1.165, 1.54) is 15.8 Å². The molecule has 51 valence electrons. The van der Waals surface area contributed by atoms with Crippen LogP contribution in [0.25, 0.3) is 0 Å². The van der Waals surface area contributed by atoms with Gasteiger partial charge in [0, 0.05) is 0 Å². The summed E-state index contributed by atoms with van der Waals surface area (Å²) in [4.78, 5) is 0. The molecule has 0 aliphatic rings. The van der Waals surface area contributed by atoms with Gasteiger partial charge in [-0.25, -0.2) is 0 Å². The van der Waals surface area contributed by atoms with Gasteiger partial charge in [0.2, 0.25) is 0 Å². The largest absolute Gasteiger partial charge is 1.00 e. The predicted octanol–water partition coefficient (Wildman–Crippen LogP) is -0.632. The summed E-state index contributed by atoms with van der Waals surface area (Å²) in [7, 11) is 0. The molecule has 0 atom stereocenters. The van der Waals surface area contributed by atoms with E-state index in [-0.39, 0.29) is 35.0 Å². The van der Waals surface area contributed by atoms with Crippen LogP contribution in [0.3, 0.4) is 0 Å². The van der Waals surface area contributed by atoms with Crippen molar-refractivity contribution in [2.75, 3.05) is 0 Å². The van der Waals surface area contributed by atoms with Gasteiger partial charge in [0.05, 0.1) is 0 Å². The van der Waals surface area contributed by atoms with Crippen LogP contribution in [0.2, 0.25) is 15.8 Å². The third-order valence-electron chi connectivity index (χ3n) is 1.50. The predicted molar refractivity (Wildman–Crippen MR) is 39.1 cm³/mol. The van der Waals surface area contributed by atoms with Gasteiger partial charge < -0.3 is 5.48 Å². The van der Waals surface area contributed by atoms with Crippen LogP contribution in [0.15, 0.2) is 0 Å². The molecule has 0 saturated heterocycles. The maximum Gasteiger partial charge on any atom is 1.00 e. The standard InChI is InChI=1S/C6H15Ge.Na.H2O/c1-4-7(5-2)6-3;;/h4-6H2,1-3H3;;1H2/q;+1;/p-1. The molecule has 0 unspecified atom stereocenters. The summed E-state index contributed by atoms with van der Waals surface area (Å²) < 4.78 is 0. The molecule has 0 aromatic carbocycles. The number of hydrogen-bond acceptors (Lipinski definition) is 1. The van der Waals surface area contributed by atoms with Crippen molar-refractivity contribution in [3.8, 4) is 0 Å². The molecule has 0 bridgehead atoms. The molecule has 0 rings (SSSR count). The van der Waals surface area contributed by atoms with Crippen LogP contribution in [0.5, 0.6) is 0 Å². The van der Waals surface area contributed by atoms with E-state index in [1.54, 1.807) is 0 Å². The Balaban J connectivity index is -0.000000180. The zero-order valence-corrected chi connectivity index (χ0v) is 11.2. The van der Waals surface area contributed by atoms with Crippen LogP contribution in [-0.2, 0) is 0 Å². The van der Waals surface area contributed by atoms with Crippen molar-refractivity contribution in [2.24, 2.45) is 0 Å². The zero-order valence-electron chi connectivity index (χ0n) is 7.07. The van der Waals surface area contributed by atoms with Gasteiger partial charge >= 0.3 is 80.4 Å². The fourth-order valence-electron chi connectivity index (χ4n) is 0.750. The summed E-state index contributed by atoms with van der Waals surface area (Å²) in [5.41, 5.74) is 0. The molecule has 1 nitrogen and oxygen atoms in total. The molecule has 0 aliphatic carbocycles. The number of hydrogen-bond donors (Lipinski definition) is 0. The minimum atomic E-state index is -0.403. The van der Waals surface area contributed by atoms with Crippen LogP contribution >= 0.6 is 0 Å². The van der Waals surface area contributed by atoms with Gasteiger partial charge in [-0.2, -0.15) is 0 Å². The van der Waals surface area contributed by atoms with Crippen LogP contribution < -0.4 is 29.6 Å². The van der Waals surface area contributed by atoms with Crippen molar-refractivity contribution in [3.63, 3.8) is 0 Å². The Bertz CT molecular complexity index is 34.5. The average molecular weight is 200 g/mol. The normalized spacial score (nSPS) is 8.00. The van der Waals surface area contributed by atoms with Crippen LogP contribution in [0.1, 0.15) is 20.8 Å². The van der Waals surface area contributed by atoms with Gasteiger partial charge in [-0.05, 0) is 0 Å². The van der Waals surface area contributed by atoms with Crippen molar-refractivity contribution in [1.82, 2.24) is 0 Å². The Labute approximate surface area is 85.3 Å². The van der Waals surface area contributed by atoms with E-state index in [9.17, 15) is 0 Å². The van der Waals surface area contributed by atoms with Gasteiger partial charge in [0.15, 0.2) is 0 Å². The fourth-order valence-corrected chi connectivity index (χ4v) is 3.90. The Hall–Kier alpha value is 1.50. The molecular formula is C6H16GeNaO. The molecular weight excluding hydrogens is 184 g/mol. The third-order valence-corrected chi connectivity index (χ3v) is 7.79. The first-order chi connectivity index (χ1) is 3.35. The second-order valence-electron chi connectivity index (χ2n) is 1.81. The van der Waals surface area contributed by atoms with E-state index in [0.29, 0.717) is 0 Å². The van der Waals surface area contributed by atoms with Crippen molar-refractivity contribution < 1.29 is 35.0 Å². The summed E-state index contributed by atoms with van der Waals surface area (Å²) >= 11 is -0.403. The third kappa shape index (κ3) is 9.50. The summed E-state index contributed by atoms with van der Waals surface area (Å²) in [6.07, 6.45) is 0. The fraction of sp³-hybridized carbons (Fsp3) is 1.00. The average Bonchev–Trinajstić information content (AvgIpc) is 1.72. The van der Waals surface area contributed by atoms with Crippen molar-refractivity contribution in [1.29, 1.82) is 0 Å². The Morgan fingerprint density at radius 2 is 1.11 bits per heavy atom. The van der Waals surface area contributed by atoms with E-state index in [1.807, 2.05) is 0 Å². The molecule has 0 amide bonds. The van der Waals surface area contributed by atoms with Crippen molar-refractivity contribution in [3.05, 3.63) is 0 Å². The van der Waals surface area contributed by atoms with Gasteiger partial charge in [-0.3, -0.25) is 0 Å². The van der Waals surface area contributed by atoms with Gasteiger partial charge in [0.25, 0.3) is 0 Å². The SMILES string of the molecule is C[CH2][Ge]([CH2]C)[CH2]C.[Na+].[OH-]. The molecule has 0 aromatic rings. The quantitative estimate of drug-likeness (QED) is 0.557. The van der Waals surface area contributed by atoms with E-state index in [4.69, 9.17) is 0 Å². The van der Waals surface area contributed by atoms with Crippen molar-refractivity contribution >= 4 is 14.3 Å². The van der Waals surface area contributed by atoms with E-state index in [2.05, 4.69) is 20.8 Å². The van der Waals surface area contributed by atoms with E-state index < -0.39 is 14.3 Å². The molecule has 1 radical (unpaired) electrons. The number of rotatable bonds is 3. The molecule has 0 fully saturated rings. The molecule has 0 aliphatic heterocycles. The summed E-state index contributed by atoms with van der Waals surface area (Å²) in [6, 6.07) is 0. The summed E-state index contributed by atoms with van der Waals surface area (Å²) in [6.45, 7) is 7.01. The van der Waals surface area contributed by atoms with Gasteiger partial charge in [-0.15, -0.1) is 0 Å². The van der Waals surface area contributed by atoms with Crippen LogP contribution in [0.4, 0.5) is 0 Å². The molecule has 0 spiro atoms. The Morgan fingerprint density at radius 3 is 1.11 bits per heavy atom. The van der Waals surface area contributed by atoms with E-state index >= 15 is 0 Å². The molecule has 0 heterocycles. The Morgan fingerprint density at radius 1 is 0.889 bits per heavy atom. The monoisotopic (exact) mass is 201 g/mol. The topological polar surface area (TPSA) is 30.0 Å².